The summed E-state index contributed by atoms with van der Waals surface area (Å²) in [7, 11) is 0. The first kappa shape index (κ1) is 12.7. The van der Waals surface area contributed by atoms with Gasteiger partial charge in [0, 0.05) is 18.8 Å². The number of hydrogen-bond donors (Lipinski definition) is 1. The lowest BCUT2D eigenvalue weighted by molar-refractivity contribution is -0.144. The van der Waals surface area contributed by atoms with E-state index in [1.165, 1.54) is 0 Å². The predicted octanol–water partition coefficient (Wildman–Crippen LogP) is 2.05. The van der Waals surface area contributed by atoms with Crippen molar-refractivity contribution in [3.63, 3.8) is 0 Å². The summed E-state index contributed by atoms with van der Waals surface area (Å²) < 4.78 is 5.78. The first-order valence-corrected chi connectivity index (χ1v) is 6.33. The standard InChI is InChI=1S/C14H20N2O2/c1-14(2,13(17)16-9-3-4-10-16)18-12-7-5-11(15)6-8-12/h5-8H,3-4,9-10,15H2,1-2H3. The van der Waals surface area contributed by atoms with Crippen LogP contribution < -0.4 is 10.5 Å². The zero-order chi connectivity index (χ0) is 13.2. The summed E-state index contributed by atoms with van der Waals surface area (Å²) >= 11 is 0. The van der Waals surface area contributed by atoms with Gasteiger partial charge in [0.15, 0.2) is 5.60 Å². The van der Waals surface area contributed by atoms with Crippen molar-refractivity contribution in [2.24, 2.45) is 0 Å². The Morgan fingerprint density at radius 3 is 2.33 bits per heavy atom. The molecule has 1 saturated heterocycles. The van der Waals surface area contributed by atoms with E-state index in [9.17, 15) is 4.79 Å². The average molecular weight is 248 g/mol. The van der Waals surface area contributed by atoms with E-state index in [1.807, 2.05) is 18.7 Å². The molecule has 98 valence electrons. The third-order valence-electron chi connectivity index (χ3n) is 3.16. The molecule has 1 aromatic carbocycles. The van der Waals surface area contributed by atoms with Crippen molar-refractivity contribution in [2.45, 2.75) is 32.3 Å². The minimum absolute atomic E-state index is 0.0526. The number of nitrogens with zero attached hydrogens (tertiary/aromatic N) is 1. The average Bonchev–Trinajstić information content (AvgIpc) is 2.84. The van der Waals surface area contributed by atoms with Crippen LogP contribution in [0.4, 0.5) is 5.69 Å². The third-order valence-corrected chi connectivity index (χ3v) is 3.16. The highest BCUT2D eigenvalue weighted by atomic mass is 16.5. The van der Waals surface area contributed by atoms with Gasteiger partial charge in [0.25, 0.3) is 5.91 Å². The zero-order valence-corrected chi connectivity index (χ0v) is 11.0. The Bertz CT molecular complexity index is 420. The maximum atomic E-state index is 12.3. The van der Waals surface area contributed by atoms with Crippen LogP contribution in [0.25, 0.3) is 0 Å². The number of hydrogen-bond acceptors (Lipinski definition) is 3. The van der Waals surface area contributed by atoms with Gasteiger partial charge in [0.2, 0.25) is 0 Å². The molecular weight excluding hydrogens is 228 g/mol. The van der Waals surface area contributed by atoms with Crippen LogP contribution in [0.15, 0.2) is 24.3 Å². The highest BCUT2D eigenvalue weighted by Gasteiger charge is 2.35. The molecule has 1 heterocycles. The number of nitrogen functional groups attached to an aromatic ring is 1. The Kier molecular flexibility index (Phi) is 3.45. The lowest BCUT2D eigenvalue weighted by Crippen LogP contribution is -2.47. The molecule has 2 N–H and O–H groups in total. The van der Waals surface area contributed by atoms with Crippen LogP contribution in [0.5, 0.6) is 5.75 Å². The Morgan fingerprint density at radius 2 is 1.78 bits per heavy atom. The summed E-state index contributed by atoms with van der Waals surface area (Å²) in [6.07, 6.45) is 2.17. The quantitative estimate of drug-likeness (QED) is 0.833. The van der Waals surface area contributed by atoms with Gasteiger partial charge >= 0.3 is 0 Å². The fraction of sp³-hybridized carbons (Fsp3) is 0.500. The number of ether oxygens (including phenoxy) is 1. The summed E-state index contributed by atoms with van der Waals surface area (Å²) in [6, 6.07) is 7.11. The van der Waals surface area contributed by atoms with Crippen LogP contribution in [0.1, 0.15) is 26.7 Å². The fourth-order valence-electron chi connectivity index (χ4n) is 2.18. The molecule has 0 aromatic heterocycles. The van der Waals surface area contributed by atoms with Gasteiger partial charge in [-0.1, -0.05) is 0 Å². The smallest absolute Gasteiger partial charge is 0.266 e. The highest BCUT2D eigenvalue weighted by molar-refractivity contribution is 5.85. The van der Waals surface area contributed by atoms with Crippen LogP contribution in [0.2, 0.25) is 0 Å². The molecule has 1 aliphatic rings. The maximum absolute atomic E-state index is 12.3. The SMILES string of the molecule is CC(C)(Oc1ccc(N)cc1)C(=O)N1CCCC1. The molecule has 1 amide bonds. The van der Waals surface area contributed by atoms with Gasteiger partial charge in [-0.15, -0.1) is 0 Å². The van der Waals surface area contributed by atoms with E-state index < -0.39 is 5.60 Å². The number of amides is 1. The second-order valence-corrected chi connectivity index (χ2v) is 5.18. The predicted molar refractivity (Wildman–Crippen MR) is 71.4 cm³/mol. The number of benzene rings is 1. The van der Waals surface area contributed by atoms with E-state index in [0.29, 0.717) is 11.4 Å². The molecule has 0 spiro atoms. The lowest BCUT2D eigenvalue weighted by atomic mass is 10.1. The Hall–Kier alpha value is -1.71. The number of rotatable bonds is 3. The minimum Gasteiger partial charge on any atom is -0.478 e. The van der Waals surface area contributed by atoms with Crippen molar-refractivity contribution < 1.29 is 9.53 Å². The third kappa shape index (κ3) is 2.75. The van der Waals surface area contributed by atoms with Crippen molar-refractivity contribution in [1.82, 2.24) is 4.90 Å². The second-order valence-electron chi connectivity index (χ2n) is 5.18. The highest BCUT2D eigenvalue weighted by Crippen LogP contribution is 2.23. The van der Waals surface area contributed by atoms with E-state index >= 15 is 0 Å². The van der Waals surface area contributed by atoms with E-state index in [1.54, 1.807) is 24.3 Å². The lowest BCUT2D eigenvalue weighted by Gasteiger charge is -2.29. The van der Waals surface area contributed by atoms with E-state index in [-0.39, 0.29) is 5.91 Å². The first-order chi connectivity index (χ1) is 8.49. The molecular formula is C14H20N2O2. The normalized spacial score (nSPS) is 15.8. The molecule has 1 fully saturated rings. The molecule has 0 radical (unpaired) electrons. The van der Waals surface area contributed by atoms with Crippen molar-refractivity contribution >= 4 is 11.6 Å². The van der Waals surface area contributed by atoms with E-state index in [0.717, 1.165) is 25.9 Å². The second kappa shape index (κ2) is 4.88. The monoisotopic (exact) mass is 248 g/mol. The number of carbonyl (C=O) groups is 1. The van der Waals surface area contributed by atoms with Gasteiger partial charge in [0.1, 0.15) is 5.75 Å². The molecule has 0 aliphatic carbocycles. The summed E-state index contributed by atoms with van der Waals surface area (Å²) in [5.74, 6) is 0.721. The number of carbonyl (C=O) groups excluding carboxylic acids is 1. The summed E-state index contributed by atoms with van der Waals surface area (Å²) in [6.45, 7) is 5.30. The van der Waals surface area contributed by atoms with Crippen LogP contribution in [-0.2, 0) is 4.79 Å². The molecule has 4 nitrogen and oxygen atoms in total. The topological polar surface area (TPSA) is 55.6 Å². The van der Waals surface area contributed by atoms with Crippen molar-refractivity contribution in [3.05, 3.63) is 24.3 Å². The Balaban J connectivity index is 2.05. The Morgan fingerprint density at radius 1 is 1.22 bits per heavy atom. The minimum atomic E-state index is -0.833. The van der Waals surface area contributed by atoms with Crippen LogP contribution in [0.3, 0.4) is 0 Å². The maximum Gasteiger partial charge on any atom is 0.266 e. The molecule has 4 heteroatoms. The van der Waals surface area contributed by atoms with Gasteiger partial charge in [-0.3, -0.25) is 4.79 Å². The first-order valence-electron chi connectivity index (χ1n) is 6.33. The molecule has 1 aliphatic heterocycles. The van der Waals surface area contributed by atoms with Crippen molar-refractivity contribution in [3.8, 4) is 5.75 Å². The van der Waals surface area contributed by atoms with Gasteiger partial charge in [-0.05, 0) is 51.0 Å². The molecule has 2 rings (SSSR count). The van der Waals surface area contributed by atoms with E-state index in [2.05, 4.69) is 0 Å². The van der Waals surface area contributed by atoms with Gasteiger partial charge in [0.05, 0.1) is 0 Å². The van der Waals surface area contributed by atoms with Crippen molar-refractivity contribution in [2.75, 3.05) is 18.8 Å². The van der Waals surface area contributed by atoms with Gasteiger partial charge in [-0.25, -0.2) is 0 Å². The summed E-state index contributed by atoms with van der Waals surface area (Å²) in [4.78, 5) is 14.2. The van der Waals surface area contributed by atoms with Crippen LogP contribution >= 0.6 is 0 Å². The van der Waals surface area contributed by atoms with Gasteiger partial charge in [-0.2, -0.15) is 0 Å². The molecule has 0 saturated carbocycles. The van der Waals surface area contributed by atoms with Crippen LogP contribution in [0, 0.1) is 0 Å². The van der Waals surface area contributed by atoms with Gasteiger partial charge < -0.3 is 15.4 Å². The molecule has 0 bridgehead atoms. The van der Waals surface area contributed by atoms with Crippen molar-refractivity contribution in [1.29, 1.82) is 0 Å². The molecule has 0 atom stereocenters. The molecule has 0 unspecified atom stereocenters. The fourth-order valence-corrected chi connectivity index (χ4v) is 2.18. The molecule has 1 aromatic rings. The largest absolute Gasteiger partial charge is 0.478 e. The molecule has 18 heavy (non-hydrogen) atoms. The van der Waals surface area contributed by atoms with E-state index in [4.69, 9.17) is 10.5 Å². The number of anilines is 1. The summed E-state index contributed by atoms with van der Waals surface area (Å²) in [5.41, 5.74) is 5.47. The van der Waals surface area contributed by atoms with Crippen LogP contribution in [-0.4, -0.2) is 29.5 Å². The Labute approximate surface area is 108 Å². The number of nitrogens with two attached hydrogens (primary N) is 1. The number of likely N-dealkylation sites (tertiary alicyclic amines) is 1. The zero-order valence-electron chi connectivity index (χ0n) is 11.0. The summed E-state index contributed by atoms with van der Waals surface area (Å²) in [5, 5.41) is 0.